The molecule has 0 aliphatic carbocycles. The first-order valence-electron chi connectivity index (χ1n) is 6.05. The van der Waals surface area contributed by atoms with E-state index in [1.807, 2.05) is 0 Å². The second-order valence-corrected chi connectivity index (χ2v) is 4.31. The summed E-state index contributed by atoms with van der Waals surface area (Å²) in [5.74, 6) is -2.23. The molecule has 0 unspecified atom stereocenters. The minimum Gasteiger partial charge on any atom is -0.508 e. The molecule has 2 N–H and O–H groups in total. The van der Waals surface area contributed by atoms with Gasteiger partial charge in [0.2, 0.25) is 0 Å². The lowest BCUT2D eigenvalue weighted by Gasteiger charge is -2.21. The number of benzene rings is 2. The number of nitrogens with zero attached hydrogens (tertiary/aromatic N) is 1. The number of anilines is 1. The van der Waals surface area contributed by atoms with Crippen LogP contribution in [-0.4, -0.2) is 28.6 Å². The highest BCUT2D eigenvalue weighted by atomic mass is 19.1. The smallest absolute Gasteiger partial charge is 0.323 e. The maximum atomic E-state index is 12.9. The van der Waals surface area contributed by atoms with Crippen molar-refractivity contribution < 1.29 is 24.2 Å². The molecule has 0 spiro atoms. The van der Waals surface area contributed by atoms with Crippen molar-refractivity contribution in [3.8, 4) is 5.75 Å². The third kappa shape index (κ3) is 3.56. The van der Waals surface area contributed by atoms with E-state index in [0.717, 1.165) is 17.0 Å². The highest BCUT2D eigenvalue weighted by molar-refractivity contribution is 6.08. The molecule has 0 saturated heterocycles. The Labute approximate surface area is 119 Å². The van der Waals surface area contributed by atoms with Crippen LogP contribution in [0.3, 0.4) is 0 Å². The Kier molecular flexibility index (Phi) is 4.18. The molecule has 6 heteroatoms. The van der Waals surface area contributed by atoms with Crippen molar-refractivity contribution in [2.75, 3.05) is 11.4 Å². The predicted octanol–water partition coefficient (Wildman–Crippen LogP) is 2.26. The zero-order valence-corrected chi connectivity index (χ0v) is 10.9. The number of amides is 1. The molecule has 0 fully saturated rings. The van der Waals surface area contributed by atoms with Crippen LogP contribution in [0.15, 0.2) is 48.5 Å². The van der Waals surface area contributed by atoms with Crippen LogP contribution in [0.1, 0.15) is 10.4 Å². The molecular formula is C15H12FNO4. The van der Waals surface area contributed by atoms with Crippen molar-refractivity contribution >= 4 is 17.6 Å². The number of aromatic hydroxyl groups is 1. The second kappa shape index (κ2) is 6.04. The number of carbonyl (C=O) groups excluding carboxylic acids is 1. The van der Waals surface area contributed by atoms with Crippen molar-refractivity contribution in [2.24, 2.45) is 0 Å². The van der Waals surface area contributed by atoms with Gasteiger partial charge in [-0.25, -0.2) is 4.39 Å². The molecule has 0 atom stereocenters. The average Bonchev–Trinajstić information content (AvgIpc) is 2.46. The van der Waals surface area contributed by atoms with E-state index < -0.39 is 24.2 Å². The molecule has 2 aromatic carbocycles. The van der Waals surface area contributed by atoms with Gasteiger partial charge >= 0.3 is 5.97 Å². The van der Waals surface area contributed by atoms with E-state index >= 15 is 0 Å². The Bertz CT molecular complexity index is 652. The van der Waals surface area contributed by atoms with Crippen LogP contribution in [0.4, 0.5) is 10.1 Å². The summed E-state index contributed by atoms with van der Waals surface area (Å²) in [6, 6.07) is 10.4. The number of halogens is 1. The van der Waals surface area contributed by atoms with Crippen molar-refractivity contribution in [3.63, 3.8) is 0 Å². The lowest BCUT2D eigenvalue weighted by Crippen LogP contribution is -2.35. The molecule has 0 aromatic heterocycles. The van der Waals surface area contributed by atoms with E-state index in [1.54, 1.807) is 0 Å². The molecule has 2 aromatic rings. The van der Waals surface area contributed by atoms with Crippen molar-refractivity contribution in [1.82, 2.24) is 0 Å². The number of carboxylic acids is 1. The maximum absolute atomic E-state index is 12.9. The van der Waals surface area contributed by atoms with Gasteiger partial charge in [0, 0.05) is 11.3 Å². The molecule has 5 nitrogen and oxygen atoms in total. The maximum Gasteiger partial charge on any atom is 0.323 e. The van der Waals surface area contributed by atoms with Gasteiger partial charge in [0.25, 0.3) is 5.91 Å². The van der Waals surface area contributed by atoms with Crippen LogP contribution < -0.4 is 4.90 Å². The van der Waals surface area contributed by atoms with E-state index in [1.165, 1.54) is 36.4 Å². The first-order valence-corrected chi connectivity index (χ1v) is 6.05. The van der Waals surface area contributed by atoms with Gasteiger partial charge in [-0.15, -0.1) is 0 Å². The first kappa shape index (κ1) is 14.5. The highest BCUT2D eigenvalue weighted by Gasteiger charge is 2.20. The largest absolute Gasteiger partial charge is 0.508 e. The summed E-state index contributed by atoms with van der Waals surface area (Å²) in [4.78, 5) is 24.3. The first-order chi connectivity index (χ1) is 9.97. The Morgan fingerprint density at radius 3 is 2.10 bits per heavy atom. The summed E-state index contributed by atoms with van der Waals surface area (Å²) in [6.45, 7) is -0.541. The minimum atomic E-state index is -1.18. The molecule has 0 aliphatic rings. The summed E-state index contributed by atoms with van der Waals surface area (Å²) >= 11 is 0. The fourth-order valence-corrected chi connectivity index (χ4v) is 1.80. The van der Waals surface area contributed by atoms with Crippen LogP contribution in [0, 0.1) is 5.82 Å². The molecule has 21 heavy (non-hydrogen) atoms. The highest BCUT2D eigenvalue weighted by Crippen LogP contribution is 2.20. The number of phenols is 1. The molecule has 0 heterocycles. The number of carboxylic acid groups (broad SMARTS) is 1. The second-order valence-electron chi connectivity index (χ2n) is 4.31. The average molecular weight is 289 g/mol. The van der Waals surface area contributed by atoms with Crippen LogP contribution in [0.25, 0.3) is 0 Å². The van der Waals surface area contributed by atoms with Gasteiger partial charge in [-0.3, -0.25) is 14.5 Å². The number of carbonyl (C=O) groups is 2. The molecule has 2 rings (SSSR count). The summed E-state index contributed by atoms with van der Waals surface area (Å²) in [7, 11) is 0. The van der Waals surface area contributed by atoms with Crippen molar-refractivity contribution in [1.29, 1.82) is 0 Å². The molecule has 0 bridgehead atoms. The third-order valence-electron chi connectivity index (χ3n) is 2.79. The number of hydrogen-bond donors (Lipinski definition) is 2. The Morgan fingerprint density at radius 2 is 1.57 bits per heavy atom. The van der Waals surface area contributed by atoms with Gasteiger partial charge in [0.1, 0.15) is 18.1 Å². The fourth-order valence-electron chi connectivity index (χ4n) is 1.80. The number of aliphatic carboxylic acids is 1. The Morgan fingerprint density at radius 1 is 1.00 bits per heavy atom. The van der Waals surface area contributed by atoms with Crippen LogP contribution in [0.2, 0.25) is 0 Å². The van der Waals surface area contributed by atoms with E-state index in [0.29, 0.717) is 5.69 Å². The zero-order valence-electron chi connectivity index (χ0n) is 10.9. The standard InChI is InChI=1S/C15H12FNO4/c16-11-3-1-10(2-4-11)15(21)17(9-14(19)20)12-5-7-13(18)8-6-12/h1-8,18H,9H2,(H,19,20). The van der Waals surface area contributed by atoms with Crippen LogP contribution in [-0.2, 0) is 4.79 Å². The van der Waals surface area contributed by atoms with E-state index in [9.17, 15) is 19.1 Å². The van der Waals surface area contributed by atoms with Gasteiger partial charge in [-0.1, -0.05) is 0 Å². The zero-order chi connectivity index (χ0) is 15.4. The van der Waals surface area contributed by atoms with Crippen molar-refractivity contribution in [2.45, 2.75) is 0 Å². The van der Waals surface area contributed by atoms with Crippen molar-refractivity contribution in [3.05, 3.63) is 59.9 Å². The normalized spacial score (nSPS) is 10.1. The molecule has 108 valence electrons. The minimum absolute atomic E-state index is 0.00301. The summed E-state index contributed by atoms with van der Waals surface area (Å²) in [5, 5.41) is 18.2. The van der Waals surface area contributed by atoms with Gasteiger partial charge in [0.15, 0.2) is 0 Å². The van der Waals surface area contributed by atoms with Gasteiger partial charge in [-0.05, 0) is 48.5 Å². The third-order valence-corrected chi connectivity index (χ3v) is 2.79. The number of phenolic OH excluding ortho intramolecular Hbond substituents is 1. The fraction of sp³-hybridized carbons (Fsp3) is 0.0667. The summed E-state index contributed by atoms with van der Waals surface area (Å²) in [6.07, 6.45) is 0. The topological polar surface area (TPSA) is 77.8 Å². The summed E-state index contributed by atoms with van der Waals surface area (Å²) in [5.41, 5.74) is 0.496. The lowest BCUT2D eigenvalue weighted by atomic mass is 10.1. The Hall–Kier alpha value is -2.89. The molecule has 0 saturated carbocycles. The van der Waals surface area contributed by atoms with E-state index in [2.05, 4.69) is 0 Å². The quantitative estimate of drug-likeness (QED) is 0.905. The monoisotopic (exact) mass is 289 g/mol. The Balaban J connectivity index is 2.35. The van der Waals surface area contributed by atoms with Crippen LogP contribution in [0.5, 0.6) is 5.75 Å². The molecule has 1 amide bonds. The number of rotatable bonds is 4. The SMILES string of the molecule is O=C(O)CN(C(=O)c1ccc(F)cc1)c1ccc(O)cc1. The van der Waals surface area contributed by atoms with Gasteiger partial charge < -0.3 is 10.2 Å². The lowest BCUT2D eigenvalue weighted by molar-refractivity contribution is -0.135. The predicted molar refractivity (Wildman–Crippen MR) is 73.8 cm³/mol. The summed E-state index contributed by atoms with van der Waals surface area (Å²) < 4.78 is 12.9. The van der Waals surface area contributed by atoms with E-state index in [4.69, 9.17) is 5.11 Å². The van der Waals surface area contributed by atoms with E-state index in [-0.39, 0.29) is 11.3 Å². The van der Waals surface area contributed by atoms with Crippen LogP contribution >= 0.6 is 0 Å². The van der Waals surface area contributed by atoms with Gasteiger partial charge in [-0.2, -0.15) is 0 Å². The molecule has 0 radical (unpaired) electrons. The molecular weight excluding hydrogens is 277 g/mol. The molecule has 0 aliphatic heterocycles. The van der Waals surface area contributed by atoms with Gasteiger partial charge in [0.05, 0.1) is 0 Å². The number of hydrogen-bond acceptors (Lipinski definition) is 3.